The molecule has 0 aliphatic rings. The molecule has 11 rings (SSSR count). The van der Waals surface area contributed by atoms with Gasteiger partial charge >= 0.3 is 0 Å². The summed E-state index contributed by atoms with van der Waals surface area (Å²) in [5.74, 6) is 0.849. The van der Waals surface area contributed by atoms with Crippen LogP contribution in [0.25, 0.3) is 88.3 Å². The van der Waals surface area contributed by atoms with Crippen LogP contribution in [0.4, 0.5) is 17.1 Å². The maximum atomic E-state index is 6.33. The van der Waals surface area contributed by atoms with Crippen molar-refractivity contribution in [2.75, 3.05) is 4.90 Å². The molecular weight excluding hydrogens is 727 g/mol. The average Bonchev–Trinajstić information content (AvgIpc) is 3.77. The van der Waals surface area contributed by atoms with E-state index in [0.717, 1.165) is 39.4 Å². The molecule has 0 unspecified atom stereocenters. The Kier molecular flexibility index (Phi) is 8.87. The highest BCUT2D eigenvalue weighted by Gasteiger charge is 2.16. The number of hydrogen-bond donors (Lipinski definition) is 0. The van der Waals surface area contributed by atoms with Gasteiger partial charge in [0.05, 0.1) is 0 Å². The van der Waals surface area contributed by atoms with Crippen LogP contribution in [-0.4, -0.2) is 0 Å². The van der Waals surface area contributed by atoms with Crippen molar-refractivity contribution in [3.8, 4) is 55.8 Å². The van der Waals surface area contributed by atoms with Crippen molar-refractivity contribution < 1.29 is 4.42 Å². The lowest BCUT2D eigenvalue weighted by molar-refractivity contribution is 0.631. The molecule has 60 heavy (non-hydrogen) atoms. The third kappa shape index (κ3) is 6.61. The molecule has 0 saturated carbocycles. The zero-order valence-corrected chi connectivity index (χ0v) is 32.9. The molecule has 10 aromatic carbocycles. The zero-order valence-electron chi connectivity index (χ0n) is 32.9. The number of benzene rings is 10. The summed E-state index contributed by atoms with van der Waals surface area (Å²) in [4.78, 5) is 2.33. The molecule has 0 fully saturated rings. The third-order valence-corrected chi connectivity index (χ3v) is 11.7. The molecule has 1 heterocycles. The van der Waals surface area contributed by atoms with E-state index in [0.29, 0.717) is 0 Å². The summed E-state index contributed by atoms with van der Waals surface area (Å²) in [6, 6.07) is 84.8. The number of hydrogen-bond acceptors (Lipinski definition) is 2. The fourth-order valence-corrected chi connectivity index (χ4v) is 8.64. The van der Waals surface area contributed by atoms with Crippen LogP contribution in [0.1, 0.15) is 0 Å². The molecule has 0 aliphatic carbocycles. The Bertz CT molecular complexity index is 3260. The van der Waals surface area contributed by atoms with Crippen molar-refractivity contribution in [3.63, 3.8) is 0 Å². The third-order valence-electron chi connectivity index (χ3n) is 11.7. The van der Waals surface area contributed by atoms with Crippen molar-refractivity contribution in [2.45, 2.75) is 0 Å². The Balaban J connectivity index is 0.945. The van der Waals surface area contributed by atoms with E-state index < -0.39 is 0 Å². The highest BCUT2D eigenvalue weighted by molar-refractivity contribution is 5.98. The van der Waals surface area contributed by atoms with Crippen LogP contribution in [-0.2, 0) is 0 Å². The highest BCUT2D eigenvalue weighted by atomic mass is 16.3. The lowest BCUT2D eigenvalue weighted by Gasteiger charge is -2.26. The molecular formula is C58H39NO. The molecule has 0 radical (unpaired) electrons. The summed E-state index contributed by atoms with van der Waals surface area (Å²) >= 11 is 0. The first-order chi connectivity index (χ1) is 29.7. The Morgan fingerprint density at radius 2 is 0.733 bits per heavy atom. The van der Waals surface area contributed by atoms with Gasteiger partial charge in [-0.2, -0.15) is 0 Å². The smallest absolute Gasteiger partial charge is 0.135 e. The maximum Gasteiger partial charge on any atom is 0.135 e. The van der Waals surface area contributed by atoms with Gasteiger partial charge in [-0.3, -0.25) is 0 Å². The second-order valence-corrected chi connectivity index (χ2v) is 15.3. The number of furan rings is 1. The number of rotatable bonds is 8. The minimum atomic E-state index is 0.849. The largest absolute Gasteiger partial charge is 0.456 e. The maximum absolute atomic E-state index is 6.33. The van der Waals surface area contributed by atoms with Crippen LogP contribution in [0.2, 0.25) is 0 Å². The minimum Gasteiger partial charge on any atom is -0.456 e. The lowest BCUT2D eigenvalue weighted by Crippen LogP contribution is -2.10. The quantitative estimate of drug-likeness (QED) is 0.153. The molecule has 0 spiro atoms. The van der Waals surface area contributed by atoms with Gasteiger partial charge in [-0.15, -0.1) is 0 Å². The summed E-state index contributed by atoms with van der Waals surface area (Å²) in [5, 5.41) is 6.12. The number of anilines is 3. The SMILES string of the molecule is c1cc(-c2ccc(N(c3ccc(-c4ccc(-c5cccc6ccccc56)cc4)cc3)c3cccc(-c4cc5ccccc5o4)c3)cc2)cc(-c2cccc3ccccc23)c1. The van der Waals surface area contributed by atoms with Gasteiger partial charge < -0.3 is 9.32 Å². The van der Waals surface area contributed by atoms with Crippen molar-refractivity contribution in [3.05, 3.63) is 237 Å². The number of para-hydroxylation sites is 1. The Morgan fingerprint density at radius 1 is 0.267 bits per heavy atom. The van der Waals surface area contributed by atoms with Gasteiger partial charge in [0.25, 0.3) is 0 Å². The molecule has 11 aromatic rings. The molecule has 0 saturated heterocycles. The number of fused-ring (bicyclic) bond motifs is 3. The fraction of sp³-hybridized carbons (Fsp3) is 0. The predicted molar refractivity (Wildman–Crippen MR) is 253 cm³/mol. The summed E-state index contributed by atoms with van der Waals surface area (Å²) in [6.45, 7) is 0. The van der Waals surface area contributed by atoms with Crippen LogP contribution >= 0.6 is 0 Å². The molecule has 0 aliphatic heterocycles. The highest BCUT2D eigenvalue weighted by Crippen LogP contribution is 2.40. The van der Waals surface area contributed by atoms with Gasteiger partial charge in [0, 0.05) is 28.0 Å². The topological polar surface area (TPSA) is 16.4 Å². The first-order valence-electron chi connectivity index (χ1n) is 20.5. The minimum absolute atomic E-state index is 0.849. The fourth-order valence-electron chi connectivity index (χ4n) is 8.64. The van der Waals surface area contributed by atoms with Crippen LogP contribution < -0.4 is 4.90 Å². The molecule has 2 nitrogen and oxygen atoms in total. The van der Waals surface area contributed by atoms with Gasteiger partial charge in [0.1, 0.15) is 11.3 Å². The van der Waals surface area contributed by atoms with Gasteiger partial charge in [0.2, 0.25) is 0 Å². The van der Waals surface area contributed by atoms with Crippen molar-refractivity contribution in [1.82, 2.24) is 0 Å². The Morgan fingerprint density at radius 3 is 1.38 bits per heavy atom. The monoisotopic (exact) mass is 765 g/mol. The molecule has 0 N–H and O–H groups in total. The van der Waals surface area contributed by atoms with E-state index in [9.17, 15) is 0 Å². The molecule has 282 valence electrons. The van der Waals surface area contributed by atoms with Crippen LogP contribution in [0.15, 0.2) is 241 Å². The van der Waals surface area contributed by atoms with Gasteiger partial charge in [-0.1, -0.05) is 182 Å². The van der Waals surface area contributed by atoms with Crippen LogP contribution in [0.5, 0.6) is 0 Å². The average molecular weight is 766 g/mol. The Hall–Kier alpha value is -7.94. The van der Waals surface area contributed by atoms with E-state index in [1.54, 1.807) is 0 Å². The summed E-state index contributed by atoms with van der Waals surface area (Å²) in [6.07, 6.45) is 0. The summed E-state index contributed by atoms with van der Waals surface area (Å²) in [5.41, 5.74) is 14.7. The zero-order chi connectivity index (χ0) is 39.8. The second kappa shape index (κ2) is 15.1. The molecule has 0 atom stereocenters. The lowest BCUT2D eigenvalue weighted by atomic mass is 9.95. The van der Waals surface area contributed by atoms with E-state index in [2.05, 4.69) is 223 Å². The van der Waals surface area contributed by atoms with E-state index in [1.807, 2.05) is 18.2 Å². The van der Waals surface area contributed by atoms with E-state index in [1.165, 1.54) is 66.1 Å². The predicted octanol–water partition coefficient (Wildman–Crippen LogP) is 16.5. The standard InChI is InChI=1S/C58H39NO/c1-4-20-53-43(11-1)14-9-22-55(53)45-27-25-40(26-28-45)41-29-33-50(34-30-41)59(52-19-8-18-48(38-52)58-39-49-13-3-6-24-57(49)60-58)51-35-31-42(32-36-51)46-16-7-17-47(37-46)56-23-10-15-44-12-2-5-21-54(44)56/h1-39H. The molecule has 0 amide bonds. The van der Waals surface area contributed by atoms with Crippen molar-refractivity contribution in [1.29, 1.82) is 0 Å². The molecule has 0 bridgehead atoms. The van der Waals surface area contributed by atoms with Crippen LogP contribution in [0.3, 0.4) is 0 Å². The summed E-state index contributed by atoms with van der Waals surface area (Å²) in [7, 11) is 0. The van der Waals surface area contributed by atoms with E-state index in [4.69, 9.17) is 4.42 Å². The van der Waals surface area contributed by atoms with Gasteiger partial charge in [-0.25, -0.2) is 0 Å². The van der Waals surface area contributed by atoms with Crippen LogP contribution in [0, 0.1) is 0 Å². The van der Waals surface area contributed by atoms with Gasteiger partial charge in [0.15, 0.2) is 0 Å². The number of nitrogens with zero attached hydrogens (tertiary/aromatic N) is 1. The molecule has 2 heteroatoms. The van der Waals surface area contributed by atoms with E-state index in [-0.39, 0.29) is 0 Å². The van der Waals surface area contributed by atoms with E-state index >= 15 is 0 Å². The first kappa shape index (κ1) is 35.2. The van der Waals surface area contributed by atoms with Crippen molar-refractivity contribution >= 4 is 49.6 Å². The van der Waals surface area contributed by atoms with Crippen molar-refractivity contribution in [2.24, 2.45) is 0 Å². The Labute approximate surface area is 349 Å². The second-order valence-electron chi connectivity index (χ2n) is 15.3. The summed E-state index contributed by atoms with van der Waals surface area (Å²) < 4.78 is 6.33. The van der Waals surface area contributed by atoms with Gasteiger partial charge in [-0.05, 0) is 121 Å². The molecule has 1 aromatic heterocycles. The first-order valence-corrected chi connectivity index (χ1v) is 20.5. The normalized spacial score (nSPS) is 11.3.